The first-order valence-corrected chi connectivity index (χ1v) is 28.9. The molecule has 0 radical (unpaired) electrons. The molecule has 10 heteroatoms. The fourth-order valence-electron chi connectivity index (χ4n) is 7.37. The van der Waals surface area contributed by atoms with Gasteiger partial charge in [0.15, 0.2) is 6.10 Å². The van der Waals surface area contributed by atoms with Crippen LogP contribution >= 0.6 is 7.82 Å². The van der Waals surface area contributed by atoms with Crippen LogP contribution in [0.4, 0.5) is 0 Å². The third-order valence-corrected chi connectivity index (χ3v) is 12.4. The summed E-state index contributed by atoms with van der Waals surface area (Å²) in [6.07, 6.45) is 66.9. The van der Waals surface area contributed by atoms with E-state index in [0.29, 0.717) is 12.8 Å². The summed E-state index contributed by atoms with van der Waals surface area (Å²) in [5.41, 5.74) is 5.37. The van der Waals surface area contributed by atoms with Crippen molar-refractivity contribution < 1.29 is 37.6 Å². The van der Waals surface area contributed by atoms with E-state index in [2.05, 4.69) is 86.8 Å². The number of carbonyl (C=O) groups excluding carboxylic acids is 2. The molecule has 0 amide bonds. The molecule has 0 aliphatic heterocycles. The Kier molecular flexibility index (Phi) is 50.8. The molecule has 9 nitrogen and oxygen atoms in total. The second-order valence-corrected chi connectivity index (χ2v) is 19.5. The number of allylic oxidation sites excluding steroid dienone is 12. The predicted molar refractivity (Wildman–Crippen MR) is 284 cm³/mol. The Morgan fingerprint density at radius 3 is 1.10 bits per heavy atom. The molecule has 0 heterocycles. The van der Waals surface area contributed by atoms with E-state index in [9.17, 15) is 19.0 Å². The second-order valence-electron chi connectivity index (χ2n) is 18.0. The van der Waals surface area contributed by atoms with Gasteiger partial charge in [-0.3, -0.25) is 18.6 Å². The van der Waals surface area contributed by atoms with Gasteiger partial charge in [-0.1, -0.05) is 177 Å². The molecule has 0 aliphatic carbocycles. The lowest BCUT2D eigenvalue weighted by molar-refractivity contribution is -0.161. The molecule has 1 unspecified atom stereocenters. The van der Waals surface area contributed by atoms with E-state index >= 15 is 0 Å². The van der Waals surface area contributed by atoms with Crippen LogP contribution in [0.2, 0.25) is 0 Å². The van der Waals surface area contributed by atoms with E-state index in [4.69, 9.17) is 24.3 Å². The first-order chi connectivity index (χ1) is 32.8. The molecule has 0 fully saturated rings. The van der Waals surface area contributed by atoms with Crippen LogP contribution in [0, 0.1) is 0 Å². The molecule has 67 heavy (non-hydrogen) atoms. The maximum atomic E-state index is 12.6. The minimum Gasteiger partial charge on any atom is -0.462 e. The van der Waals surface area contributed by atoms with Gasteiger partial charge in [-0.05, 0) is 128 Å². The van der Waals surface area contributed by atoms with E-state index in [1.54, 1.807) is 0 Å². The highest BCUT2D eigenvalue weighted by molar-refractivity contribution is 7.47. The molecule has 388 valence electrons. The monoisotopic (exact) mass is 960 g/mol. The highest BCUT2D eigenvalue weighted by Gasteiger charge is 2.26. The van der Waals surface area contributed by atoms with Gasteiger partial charge in [0.1, 0.15) is 6.61 Å². The standard InChI is InChI=1S/C57H102NO8P/c1-3-5-7-9-11-13-15-17-19-21-23-25-27-29-31-33-35-37-39-41-43-45-47-49-56(59)63-53-55(54-65-67(61,62)64-52-51-58)66-57(60)50-48-46-44-42-40-38-36-34-32-30-28-26-24-22-20-18-16-14-12-10-8-6-4-2/h13-16,33-36,41-44,55H,3-12,17-32,37-40,45-54,58H2,1-2H3,(H,61,62)/t55-/m1/s1. The molecule has 0 rings (SSSR count). The zero-order valence-corrected chi connectivity index (χ0v) is 44.0. The minimum absolute atomic E-state index is 0.0396. The highest BCUT2D eigenvalue weighted by Crippen LogP contribution is 2.43. The summed E-state index contributed by atoms with van der Waals surface area (Å²) in [5, 5.41) is 0. The van der Waals surface area contributed by atoms with Crippen molar-refractivity contribution in [3.63, 3.8) is 0 Å². The molecular weight excluding hydrogens is 858 g/mol. The Morgan fingerprint density at radius 1 is 0.433 bits per heavy atom. The maximum Gasteiger partial charge on any atom is 0.472 e. The number of esters is 2. The highest BCUT2D eigenvalue weighted by atomic mass is 31.2. The van der Waals surface area contributed by atoms with Crippen molar-refractivity contribution in [1.29, 1.82) is 0 Å². The summed E-state index contributed by atoms with van der Waals surface area (Å²) in [6.45, 7) is 3.65. The molecule has 0 saturated carbocycles. The molecule has 0 bridgehead atoms. The first kappa shape index (κ1) is 64.5. The number of hydrogen-bond donors (Lipinski definition) is 2. The minimum atomic E-state index is -4.41. The number of ether oxygens (including phenoxy) is 2. The molecule has 3 N–H and O–H groups in total. The van der Waals surface area contributed by atoms with Crippen LogP contribution in [0.5, 0.6) is 0 Å². The normalized spacial score (nSPS) is 13.7. The molecular formula is C57H102NO8P. The Morgan fingerprint density at radius 2 is 0.746 bits per heavy atom. The third kappa shape index (κ3) is 52.7. The van der Waals surface area contributed by atoms with Crippen LogP contribution in [0.1, 0.15) is 245 Å². The number of rotatable bonds is 51. The SMILES string of the molecule is CCCCCCC=CCCCCCCCCC=CCCC=CCCCC(=O)OC[C@H](COP(=O)(O)OCCN)OC(=O)CCCC=CCCC=CCCCCCCCCC=CCCCCCC. The summed E-state index contributed by atoms with van der Waals surface area (Å²) in [5.74, 6) is -0.928. The fourth-order valence-corrected chi connectivity index (χ4v) is 8.14. The lowest BCUT2D eigenvalue weighted by Gasteiger charge is -2.19. The summed E-state index contributed by atoms with van der Waals surface area (Å²) in [6, 6.07) is 0. The molecule has 0 aliphatic rings. The van der Waals surface area contributed by atoms with Crippen molar-refractivity contribution in [3.05, 3.63) is 72.9 Å². The molecule has 0 aromatic carbocycles. The zero-order valence-electron chi connectivity index (χ0n) is 43.1. The lowest BCUT2D eigenvalue weighted by atomic mass is 10.1. The molecule has 0 aromatic heterocycles. The summed E-state index contributed by atoms with van der Waals surface area (Å²) in [7, 11) is -4.41. The van der Waals surface area contributed by atoms with E-state index in [1.807, 2.05) is 0 Å². The average molecular weight is 960 g/mol. The smallest absolute Gasteiger partial charge is 0.462 e. The number of unbranched alkanes of at least 4 members (excludes halogenated alkanes) is 26. The van der Waals surface area contributed by atoms with Crippen LogP contribution in [0.15, 0.2) is 72.9 Å². The third-order valence-electron chi connectivity index (χ3n) is 11.5. The predicted octanol–water partition coefficient (Wildman–Crippen LogP) is 17.0. The first-order valence-electron chi connectivity index (χ1n) is 27.4. The van der Waals surface area contributed by atoms with Gasteiger partial charge in [0.05, 0.1) is 13.2 Å². The van der Waals surface area contributed by atoms with Gasteiger partial charge >= 0.3 is 19.8 Å². The van der Waals surface area contributed by atoms with Gasteiger partial charge in [-0.15, -0.1) is 0 Å². The van der Waals surface area contributed by atoms with Crippen LogP contribution in [0.3, 0.4) is 0 Å². The van der Waals surface area contributed by atoms with Gasteiger partial charge in [0.2, 0.25) is 0 Å². The van der Waals surface area contributed by atoms with Gasteiger partial charge in [-0.25, -0.2) is 4.57 Å². The molecule has 0 spiro atoms. The van der Waals surface area contributed by atoms with Crippen LogP contribution < -0.4 is 5.73 Å². The number of carbonyl (C=O) groups is 2. The number of phosphoric ester groups is 1. The quantitative estimate of drug-likeness (QED) is 0.0264. The summed E-state index contributed by atoms with van der Waals surface area (Å²) in [4.78, 5) is 35.1. The van der Waals surface area contributed by atoms with Crippen LogP contribution in [0.25, 0.3) is 0 Å². The van der Waals surface area contributed by atoms with E-state index in [0.717, 1.165) is 51.4 Å². The van der Waals surface area contributed by atoms with Crippen LogP contribution in [-0.2, 0) is 32.7 Å². The molecule has 0 aromatic rings. The van der Waals surface area contributed by atoms with Crippen molar-refractivity contribution >= 4 is 19.8 Å². The van der Waals surface area contributed by atoms with E-state index in [-0.39, 0.29) is 32.6 Å². The Bertz CT molecular complexity index is 1320. The van der Waals surface area contributed by atoms with Crippen LogP contribution in [-0.4, -0.2) is 49.3 Å². The average Bonchev–Trinajstić information content (AvgIpc) is 3.32. The Hall–Kier alpha value is -2.55. The largest absolute Gasteiger partial charge is 0.472 e. The van der Waals surface area contributed by atoms with Crippen molar-refractivity contribution in [1.82, 2.24) is 0 Å². The van der Waals surface area contributed by atoms with Gasteiger partial charge in [0, 0.05) is 19.4 Å². The molecule has 0 saturated heterocycles. The Labute approximate surface area is 411 Å². The maximum absolute atomic E-state index is 12.6. The summed E-state index contributed by atoms with van der Waals surface area (Å²) < 4.78 is 32.9. The topological polar surface area (TPSA) is 134 Å². The second kappa shape index (κ2) is 52.8. The van der Waals surface area contributed by atoms with Gasteiger partial charge < -0.3 is 20.1 Å². The van der Waals surface area contributed by atoms with Crippen molar-refractivity contribution in [3.8, 4) is 0 Å². The lowest BCUT2D eigenvalue weighted by Crippen LogP contribution is -2.29. The van der Waals surface area contributed by atoms with E-state index < -0.39 is 32.5 Å². The van der Waals surface area contributed by atoms with Crippen molar-refractivity contribution in [2.24, 2.45) is 5.73 Å². The Balaban J connectivity index is 4.13. The fraction of sp³-hybridized carbons (Fsp3) is 0.754. The van der Waals surface area contributed by atoms with Gasteiger partial charge in [-0.2, -0.15) is 0 Å². The van der Waals surface area contributed by atoms with E-state index in [1.165, 1.54) is 154 Å². The summed E-state index contributed by atoms with van der Waals surface area (Å²) >= 11 is 0. The van der Waals surface area contributed by atoms with Crippen molar-refractivity contribution in [2.75, 3.05) is 26.4 Å². The number of nitrogens with two attached hydrogens (primary N) is 1. The zero-order chi connectivity index (χ0) is 48.8. The van der Waals surface area contributed by atoms with Crippen molar-refractivity contribution in [2.45, 2.75) is 251 Å². The van der Waals surface area contributed by atoms with Gasteiger partial charge in [0.25, 0.3) is 0 Å². The number of phosphoric acid groups is 1. The number of hydrogen-bond acceptors (Lipinski definition) is 8. The molecule has 2 atom stereocenters.